The first-order valence-electron chi connectivity index (χ1n) is 4.79. The van der Waals surface area contributed by atoms with Crippen LogP contribution in [-0.4, -0.2) is 31.5 Å². The normalized spacial score (nSPS) is 16.4. The molecule has 1 aromatic carbocycles. The maximum absolute atomic E-state index is 12.0. The molecule has 90 valence electrons. The van der Waals surface area contributed by atoms with E-state index in [4.69, 9.17) is 5.11 Å². The summed E-state index contributed by atoms with van der Waals surface area (Å²) in [4.78, 5) is 11.3. The lowest BCUT2D eigenvalue weighted by Gasteiger charge is -2.02. The van der Waals surface area contributed by atoms with Crippen LogP contribution in [0, 0.1) is 0 Å². The predicted octanol–water partition coefficient (Wildman–Crippen LogP) is 1.88. The zero-order valence-electron chi connectivity index (χ0n) is 9.00. The Bertz CT molecular complexity index is 614. The molecule has 0 bridgehead atoms. The van der Waals surface area contributed by atoms with Gasteiger partial charge < -0.3 is 5.11 Å². The number of fused-ring (bicyclic) bond motifs is 1. The highest BCUT2D eigenvalue weighted by Crippen LogP contribution is 2.34. The van der Waals surface area contributed by atoms with Gasteiger partial charge in [0.05, 0.1) is 15.4 Å². The van der Waals surface area contributed by atoms with E-state index in [1.165, 1.54) is 30.0 Å². The molecule has 0 atom stereocenters. The lowest BCUT2D eigenvalue weighted by molar-refractivity contribution is 0.0696. The van der Waals surface area contributed by atoms with Gasteiger partial charge in [0, 0.05) is 5.75 Å². The van der Waals surface area contributed by atoms with E-state index in [0.717, 1.165) is 0 Å². The number of carboxylic acids is 1. The Labute approximate surface area is 103 Å². The Hall–Kier alpha value is -1.27. The van der Waals surface area contributed by atoms with Crippen LogP contribution in [0.15, 0.2) is 28.0 Å². The average molecular weight is 270 g/mol. The Balaban J connectivity index is 2.57. The summed E-state index contributed by atoms with van der Waals surface area (Å²) in [6.45, 7) is 0. The van der Waals surface area contributed by atoms with Gasteiger partial charge in [-0.25, -0.2) is 13.2 Å². The van der Waals surface area contributed by atoms with Crippen LogP contribution in [0.4, 0.5) is 0 Å². The first-order chi connectivity index (χ1) is 7.96. The quantitative estimate of drug-likeness (QED) is 0.908. The number of aromatic carboxylic acids is 1. The summed E-state index contributed by atoms with van der Waals surface area (Å²) in [5, 5.41) is 8.84. The molecule has 4 nitrogen and oxygen atoms in total. The fourth-order valence-corrected chi connectivity index (χ4v) is 4.27. The molecule has 0 aromatic heterocycles. The standard InChI is InChI=1S/C11H10O4S2/c1-16-6-9-5-8-4-7(11(12)13)2-3-10(8)17(9,14)15/h2-5H,6H2,1H3,(H,12,13). The number of rotatable bonds is 3. The van der Waals surface area contributed by atoms with Crippen molar-refractivity contribution < 1.29 is 18.3 Å². The maximum atomic E-state index is 12.0. The van der Waals surface area contributed by atoms with E-state index in [0.29, 0.717) is 16.2 Å². The van der Waals surface area contributed by atoms with E-state index in [-0.39, 0.29) is 10.5 Å². The van der Waals surface area contributed by atoms with Gasteiger partial charge in [-0.1, -0.05) is 0 Å². The molecule has 0 saturated carbocycles. The molecule has 0 spiro atoms. The molecule has 2 rings (SSSR count). The Morgan fingerprint density at radius 1 is 1.41 bits per heavy atom. The summed E-state index contributed by atoms with van der Waals surface area (Å²) in [5.41, 5.74) is 0.564. The molecule has 6 heteroatoms. The number of hydrogen-bond acceptors (Lipinski definition) is 4. The van der Waals surface area contributed by atoms with Crippen molar-refractivity contribution in [2.45, 2.75) is 4.90 Å². The summed E-state index contributed by atoms with van der Waals surface area (Å²) in [7, 11) is -3.40. The SMILES string of the molecule is CSCC1=Cc2cc(C(=O)O)ccc2S1(=O)=O. The van der Waals surface area contributed by atoms with Crippen LogP contribution < -0.4 is 0 Å². The molecule has 0 amide bonds. The lowest BCUT2D eigenvalue weighted by Crippen LogP contribution is -2.03. The second kappa shape index (κ2) is 4.19. The number of thioether (sulfide) groups is 1. The topological polar surface area (TPSA) is 71.4 Å². The van der Waals surface area contributed by atoms with Crippen LogP contribution in [0.2, 0.25) is 0 Å². The Morgan fingerprint density at radius 3 is 2.71 bits per heavy atom. The van der Waals surface area contributed by atoms with Gasteiger partial charge in [0.1, 0.15) is 0 Å². The highest BCUT2D eigenvalue weighted by Gasteiger charge is 2.29. The highest BCUT2D eigenvalue weighted by molar-refractivity contribution is 8.01. The number of benzene rings is 1. The van der Waals surface area contributed by atoms with E-state index < -0.39 is 15.8 Å². The largest absolute Gasteiger partial charge is 0.478 e. The molecule has 0 radical (unpaired) electrons. The zero-order chi connectivity index (χ0) is 12.6. The molecule has 1 aromatic rings. The third kappa shape index (κ3) is 1.98. The van der Waals surface area contributed by atoms with Crippen LogP contribution in [0.5, 0.6) is 0 Å². The minimum absolute atomic E-state index is 0.0978. The second-order valence-electron chi connectivity index (χ2n) is 3.60. The zero-order valence-corrected chi connectivity index (χ0v) is 10.6. The minimum Gasteiger partial charge on any atom is -0.478 e. The first-order valence-corrected chi connectivity index (χ1v) is 7.66. The van der Waals surface area contributed by atoms with Crippen LogP contribution in [0.1, 0.15) is 15.9 Å². The summed E-state index contributed by atoms with van der Waals surface area (Å²) >= 11 is 1.42. The summed E-state index contributed by atoms with van der Waals surface area (Å²) < 4.78 is 24.1. The van der Waals surface area contributed by atoms with Crippen molar-refractivity contribution in [1.82, 2.24) is 0 Å². The van der Waals surface area contributed by atoms with Gasteiger partial charge in [0.2, 0.25) is 9.84 Å². The molecule has 0 saturated heterocycles. The first kappa shape index (κ1) is 12.2. The van der Waals surface area contributed by atoms with Gasteiger partial charge >= 0.3 is 5.97 Å². The smallest absolute Gasteiger partial charge is 0.335 e. The monoisotopic (exact) mass is 270 g/mol. The average Bonchev–Trinajstić information content (AvgIpc) is 2.51. The Kier molecular flexibility index (Phi) is 3.01. The van der Waals surface area contributed by atoms with Crippen molar-refractivity contribution in [3.8, 4) is 0 Å². The maximum Gasteiger partial charge on any atom is 0.335 e. The van der Waals surface area contributed by atoms with E-state index in [9.17, 15) is 13.2 Å². The summed E-state index contributed by atoms with van der Waals surface area (Å²) in [5.74, 6) is -0.656. The van der Waals surface area contributed by atoms with Crippen LogP contribution in [0.25, 0.3) is 6.08 Å². The number of carbonyl (C=O) groups is 1. The number of carboxylic acid groups (broad SMARTS) is 1. The molecule has 1 aliphatic rings. The van der Waals surface area contributed by atoms with Gasteiger partial charge in [0.15, 0.2) is 0 Å². The van der Waals surface area contributed by atoms with Crippen molar-refractivity contribution in [2.24, 2.45) is 0 Å². The molecule has 0 unspecified atom stereocenters. The second-order valence-corrected chi connectivity index (χ2v) is 6.44. The molecular weight excluding hydrogens is 260 g/mol. The Morgan fingerprint density at radius 2 is 2.12 bits per heavy atom. The van der Waals surface area contributed by atoms with Crippen LogP contribution in [0.3, 0.4) is 0 Å². The fraction of sp³-hybridized carbons (Fsp3) is 0.182. The lowest BCUT2D eigenvalue weighted by atomic mass is 10.1. The van der Waals surface area contributed by atoms with Crippen LogP contribution in [-0.2, 0) is 9.84 Å². The van der Waals surface area contributed by atoms with Crippen molar-refractivity contribution in [3.05, 3.63) is 34.2 Å². The van der Waals surface area contributed by atoms with Gasteiger partial charge in [-0.2, -0.15) is 11.8 Å². The van der Waals surface area contributed by atoms with Gasteiger partial charge in [-0.15, -0.1) is 0 Å². The minimum atomic E-state index is -3.40. The third-order valence-electron chi connectivity index (χ3n) is 2.49. The van der Waals surface area contributed by atoms with Gasteiger partial charge in [-0.3, -0.25) is 0 Å². The molecule has 1 aliphatic heterocycles. The van der Waals surface area contributed by atoms with E-state index in [1.54, 1.807) is 6.08 Å². The molecule has 1 heterocycles. The molecule has 17 heavy (non-hydrogen) atoms. The van der Waals surface area contributed by atoms with Crippen molar-refractivity contribution in [1.29, 1.82) is 0 Å². The molecule has 0 fully saturated rings. The summed E-state index contributed by atoms with van der Waals surface area (Å²) in [6, 6.07) is 4.06. The van der Waals surface area contributed by atoms with E-state index in [1.807, 2.05) is 6.26 Å². The van der Waals surface area contributed by atoms with Crippen molar-refractivity contribution >= 4 is 33.6 Å². The molecule has 1 N–H and O–H groups in total. The number of sulfone groups is 1. The third-order valence-corrected chi connectivity index (χ3v) is 5.18. The van der Waals surface area contributed by atoms with Crippen molar-refractivity contribution in [2.75, 3.05) is 12.0 Å². The highest BCUT2D eigenvalue weighted by atomic mass is 32.2. The van der Waals surface area contributed by atoms with Gasteiger partial charge in [-0.05, 0) is 36.1 Å². The van der Waals surface area contributed by atoms with E-state index in [2.05, 4.69) is 0 Å². The molecular formula is C11H10O4S2. The number of hydrogen-bond donors (Lipinski definition) is 1. The van der Waals surface area contributed by atoms with Gasteiger partial charge in [0.25, 0.3) is 0 Å². The molecule has 0 aliphatic carbocycles. The van der Waals surface area contributed by atoms with Crippen molar-refractivity contribution in [3.63, 3.8) is 0 Å². The summed E-state index contributed by atoms with van der Waals surface area (Å²) in [6.07, 6.45) is 3.37. The van der Waals surface area contributed by atoms with Crippen LogP contribution >= 0.6 is 11.8 Å². The predicted molar refractivity (Wildman–Crippen MR) is 66.9 cm³/mol. The van der Waals surface area contributed by atoms with E-state index >= 15 is 0 Å². The fourth-order valence-electron chi connectivity index (χ4n) is 1.69.